The smallest absolute Gasteiger partial charge is 0.245 e. The Bertz CT molecular complexity index is 460. The molecule has 2 amide bonds. The molecule has 0 heterocycles. The van der Waals surface area contributed by atoms with Gasteiger partial charge in [-0.2, -0.15) is 0 Å². The highest BCUT2D eigenvalue weighted by atomic mass is 35.5. The molecule has 0 spiro atoms. The van der Waals surface area contributed by atoms with Crippen LogP contribution in [0.15, 0.2) is 30.5 Å². The third kappa shape index (κ3) is 3.49. The van der Waals surface area contributed by atoms with Gasteiger partial charge >= 0.3 is 0 Å². The third-order valence-corrected chi connectivity index (χ3v) is 2.30. The number of nitrogen functional groups attached to an aromatic ring is 1. The summed E-state index contributed by atoms with van der Waals surface area (Å²) in [7, 11) is 1.49. The maximum absolute atomic E-state index is 11.0. The maximum Gasteiger partial charge on any atom is 0.245 e. The zero-order chi connectivity index (χ0) is 12.8. The largest absolute Gasteiger partial charge is 0.399 e. The number of halogens is 1. The second-order valence-electron chi connectivity index (χ2n) is 3.15. The number of nitrogens with two attached hydrogens (primary N) is 1. The summed E-state index contributed by atoms with van der Waals surface area (Å²) in [6, 6.07) is 4.74. The quantitative estimate of drug-likeness (QED) is 0.480. The molecule has 0 unspecified atom stereocenters. The van der Waals surface area contributed by atoms with E-state index in [1.54, 1.807) is 12.1 Å². The lowest BCUT2D eigenvalue weighted by atomic mass is 10.2. The highest BCUT2D eigenvalue weighted by molar-refractivity contribution is 6.34. The summed E-state index contributed by atoms with van der Waals surface area (Å²) < 4.78 is 0. The van der Waals surface area contributed by atoms with Gasteiger partial charge in [-0.1, -0.05) is 11.6 Å². The first-order valence-electron chi connectivity index (χ1n) is 4.77. The number of carbonyl (C=O) groups is 2. The van der Waals surface area contributed by atoms with Gasteiger partial charge in [0, 0.05) is 25.0 Å². The topological polar surface area (TPSA) is 75.4 Å². The molecule has 0 atom stereocenters. The Labute approximate surface area is 104 Å². The Morgan fingerprint density at radius 2 is 2.24 bits per heavy atom. The Morgan fingerprint density at radius 3 is 2.76 bits per heavy atom. The van der Waals surface area contributed by atoms with Crippen LogP contribution in [0.2, 0.25) is 5.02 Å². The molecule has 6 heteroatoms. The number of anilines is 2. The van der Waals surface area contributed by atoms with Gasteiger partial charge in [0.15, 0.2) is 0 Å². The lowest BCUT2D eigenvalue weighted by Crippen LogP contribution is -2.18. The van der Waals surface area contributed by atoms with E-state index in [1.165, 1.54) is 30.3 Å². The lowest BCUT2D eigenvalue weighted by molar-refractivity contribution is -0.116. The predicted octanol–water partition coefficient (Wildman–Crippen LogP) is 1.14. The average molecular weight is 254 g/mol. The van der Waals surface area contributed by atoms with Gasteiger partial charge in [0.05, 0.1) is 10.7 Å². The Morgan fingerprint density at radius 1 is 1.53 bits per heavy atom. The molecule has 90 valence electrons. The van der Waals surface area contributed by atoms with Gasteiger partial charge in [0.2, 0.25) is 12.3 Å². The molecule has 0 aliphatic heterocycles. The molecule has 0 saturated carbocycles. The van der Waals surface area contributed by atoms with Crippen molar-refractivity contribution in [1.29, 1.82) is 0 Å². The van der Waals surface area contributed by atoms with Crippen LogP contribution < -0.4 is 16.0 Å². The first kappa shape index (κ1) is 13.1. The number of nitrogens with zero attached hydrogens (tertiary/aromatic N) is 1. The van der Waals surface area contributed by atoms with Gasteiger partial charge in [-0.3, -0.25) is 14.5 Å². The van der Waals surface area contributed by atoms with Crippen molar-refractivity contribution in [3.8, 4) is 0 Å². The van der Waals surface area contributed by atoms with Gasteiger partial charge in [0.25, 0.3) is 0 Å². The second-order valence-corrected chi connectivity index (χ2v) is 3.56. The summed E-state index contributed by atoms with van der Waals surface area (Å²) in [6.07, 6.45) is 3.10. The fourth-order valence-corrected chi connectivity index (χ4v) is 1.42. The second kappa shape index (κ2) is 5.91. The van der Waals surface area contributed by atoms with Gasteiger partial charge in [-0.25, -0.2) is 0 Å². The first-order valence-corrected chi connectivity index (χ1v) is 5.15. The van der Waals surface area contributed by atoms with E-state index in [2.05, 4.69) is 5.32 Å². The zero-order valence-corrected chi connectivity index (χ0v) is 9.94. The molecule has 5 nitrogen and oxygen atoms in total. The molecule has 1 aromatic rings. The number of rotatable bonds is 4. The van der Waals surface area contributed by atoms with Crippen molar-refractivity contribution in [2.45, 2.75) is 0 Å². The fourth-order valence-electron chi connectivity index (χ4n) is 1.14. The monoisotopic (exact) mass is 253 g/mol. The molecule has 0 aliphatic rings. The van der Waals surface area contributed by atoms with Gasteiger partial charge in [0.1, 0.15) is 0 Å². The van der Waals surface area contributed by atoms with Crippen molar-refractivity contribution < 1.29 is 9.59 Å². The number of hydrogen-bond acceptors (Lipinski definition) is 3. The number of hydrogen-bond donors (Lipinski definition) is 2. The Hall–Kier alpha value is -2.01. The highest BCUT2D eigenvalue weighted by Gasteiger charge is 2.07. The van der Waals surface area contributed by atoms with E-state index in [-0.39, 0.29) is 5.91 Å². The van der Waals surface area contributed by atoms with Gasteiger partial charge in [-0.05, 0) is 18.2 Å². The molecule has 3 N–H and O–H groups in total. The predicted molar refractivity (Wildman–Crippen MR) is 67.6 cm³/mol. The van der Waals surface area contributed by atoms with E-state index in [0.717, 1.165) is 0 Å². The first-order chi connectivity index (χ1) is 8.08. The third-order valence-electron chi connectivity index (χ3n) is 2.00. The van der Waals surface area contributed by atoms with Crippen LogP contribution in [0.4, 0.5) is 11.4 Å². The van der Waals surface area contributed by atoms with E-state index in [0.29, 0.717) is 22.8 Å². The molecule has 0 saturated heterocycles. The molecule has 0 radical (unpaired) electrons. The number of carbonyl (C=O) groups excluding carboxylic acids is 2. The van der Waals surface area contributed by atoms with Crippen molar-refractivity contribution in [2.24, 2.45) is 0 Å². The summed E-state index contributed by atoms with van der Waals surface area (Å²) in [5.41, 5.74) is 6.49. The average Bonchev–Trinajstić information content (AvgIpc) is 2.31. The lowest BCUT2D eigenvalue weighted by Gasteiger charge is -2.14. The summed E-state index contributed by atoms with van der Waals surface area (Å²) in [6.45, 7) is 0. The minimum Gasteiger partial charge on any atom is -0.399 e. The van der Waals surface area contributed by atoms with Crippen LogP contribution in [-0.4, -0.2) is 19.4 Å². The number of likely N-dealkylation sites (N-methyl/N-ethyl adjacent to an activating group) is 1. The van der Waals surface area contributed by atoms with E-state index < -0.39 is 0 Å². The van der Waals surface area contributed by atoms with Crippen LogP contribution >= 0.6 is 11.6 Å². The molecular weight excluding hydrogens is 242 g/mol. The summed E-state index contributed by atoms with van der Waals surface area (Å²) in [4.78, 5) is 23.1. The van der Waals surface area contributed by atoms with Crippen molar-refractivity contribution in [2.75, 3.05) is 17.7 Å². The Balaban J connectivity index is 2.98. The summed E-state index contributed by atoms with van der Waals surface area (Å²) in [5.74, 6) is -0.316. The van der Waals surface area contributed by atoms with Crippen LogP contribution in [0, 0.1) is 0 Å². The van der Waals surface area contributed by atoms with Crippen molar-refractivity contribution in [1.82, 2.24) is 5.32 Å². The normalized spacial score (nSPS) is 10.2. The highest BCUT2D eigenvalue weighted by Crippen LogP contribution is 2.27. The van der Waals surface area contributed by atoms with Crippen LogP contribution in [0.5, 0.6) is 0 Å². The van der Waals surface area contributed by atoms with Crippen molar-refractivity contribution >= 4 is 35.3 Å². The molecule has 0 aromatic heterocycles. The molecule has 0 bridgehead atoms. The van der Waals surface area contributed by atoms with Crippen molar-refractivity contribution in [3.63, 3.8) is 0 Å². The standard InChI is InChI=1S/C11H12ClN3O2/c1-14-11(17)4-5-15(7-16)10-3-2-8(13)6-9(10)12/h2-7H,13H2,1H3,(H,14,17)/b5-4-. The number of amides is 2. The minimum atomic E-state index is -0.316. The fraction of sp³-hybridized carbons (Fsp3) is 0.0909. The van der Waals surface area contributed by atoms with E-state index in [4.69, 9.17) is 17.3 Å². The molecule has 1 aromatic carbocycles. The van der Waals surface area contributed by atoms with E-state index >= 15 is 0 Å². The van der Waals surface area contributed by atoms with E-state index in [9.17, 15) is 9.59 Å². The SMILES string of the molecule is CNC(=O)/C=C\N(C=O)c1ccc(N)cc1Cl. The van der Waals surface area contributed by atoms with Crippen LogP contribution in [-0.2, 0) is 9.59 Å². The zero-order valence-electron chi connectivity index (χ0n) is 9.18. The van der Waals surface area contributed by atoms with Gasteiger partial charge < -0.3 is 11.1 Å². The maximum atomic E-state index is 11.0. The Kier molecular flexibility index (Phi) is 4.54. The molecule has 0 aliphatic carbocycles. The molecule has 17 heavy (non-hydrogen) atoms. The number of benzene rings is 1. The summed E-state index contributed by atoms with van der Waals surface area (Å²) in [5, 5.41) is 2.73. The summed E-state index contributed by atoms with van der Waals surface area (Å²) >= 11 is 5.94. The van der Waals surface area contributed by atoms with Crippen LogP contribution in [0.1, 0.15) is 0 Å². The van der Waals surface area contributed by atoms with Gasteiger partial charge in [-0.15, -0.1) is 0 Å². The molecular formula is C11H12ClN3O2. The molecule has 1 rings (SSSR count). The van der Waals surface area contributed by atoms with E-state index in [1.807, 2.05) is 0 Å². The van der Waals surface area contributed by atoms with Crippen LogP contribution in [0.3, 0.4) is 0 Å². The van der Waals surface area contributed by atoms with Crippen LogP contribution in [0.25, 0.3) is 0 Å². The van der Waals surface area contributed by atoms with Crippen molar-refractivity contribution in [3.05, 3.63) is 35.5 Å². The number of nitrogens with one attached hydrogen (secondary N) is 1. The minimum absolute atomic E-state index is 0.316. The molecule has 0 fully saturated rings.